The summed E-state index contributed by atoms with van der Waals surface area (Å²) in [5.41, 5.74) is 0. The number of aliphatic hydroxyl groups excluding tert-OH is 1. The molecule has 1 atom stereocenters. The summed E-state index contributed by atoms with van der Waals surface area (Å²) in [6.45, 7) is 3.38. The molecule has 1 radical (unpaired) electrons. The van der Waals surface area contributed by atoms with Crippen molar-refractivity contribution in [2.45, 2.75) is 18.9 Å². The molecule has 0 heterocycles. The number of carbonyl (C=O) groups is 1. The van der Waals surface area contributed by atoms with Crippen LogP contribution in [-0.2, 0) is 4.79 Å². The van der Waals surface area contributed by atoms with Crippen LogP contribution in [0.25, 0.3) is 0 Å². The lowest BCUT2D eigenvalue weighted by atomic mass is 10.2. The van der Waals surface area contributed by atoms with Gasteiger partial charge in [0, 0.05) is 0 Å². The van der Waals surface area contributed by atoms with E-state index in [0.29, 0.717) is 6.42 Å². The van der Waals surface area contributed by atoms with Gasteiger partial charge in [-0.1, -0.05) is 13.3 Å². The van der Waals surface area contributed by atoms with E-state index in [0.717, 1.165) is 0 Å². The maximum absolute atomic E-state index is 9.81. The third kappa shape index (κ3) is 2.58. The molecular weight excluding hydrogens is 108 g/mol. The first-order valence-corrected chi connectivity index (χ1v) is 2.38. The Morgan fingerprint density at radius 2 is 2.25 bits per heavy atom. The molecule has 0 bridgehead atoms. The predicted molar refractivity (Wildman–Crippen MR) is 28.2 cm³/mol. The Balaban J connectivity index is 3.32. The SMILES string of the molecule is [CH2]CCC(O)C(=O)O. The molecule has 0 spiro atoms. The summed E-state index contributed by atoms with van der Waals surface area (Å²) >= 11 is 0. The minimum atomic E-state index is -1.23. The van der Waals surface area contributed by atoms with E-state index in [1.165, 1.54) is 0 Å². The van der Waals surface area contributed by atoms with Gasteiger partial charge < -0.3 is 10.2 Å². The first-order valence-electron chi connectivity index (χ1n) is 2.38. The first-order chi connectivity index (χ1) is 3.68. The van der Waals surface area contributed by atoms with Gasteiger partial charge in [0.05, 0.1) is 0 Å². The molecule has 0 rings (SSSR count). The van der Waals surface area contributed by atoms with Gasteiger partial charge in [0.1, 0.15) is 0 Å². The Hall–Kier alpha value is -0.570. The average molecular weight is 117 g/mol. The van der Waals surface area contributed by atoms with E-state index in [9.17, 15) is 4.79 Å². The van der Waals surface area contributed by atoms with Gasteiger partial charge in [-0.2, -0.15) is 0 Å². The van der Waals surface area contributed by atoms with Gasteiger partial charge in [-0.15, -0.1) is 0 Å². The van der Waals surface area contributed by atoms with Crippen molar-refractivity contribution in [1.82, 2.24) is 0 Å². The minimum absolute atomic E-state index is 0.231. The van der Waals surface area contributed by atoms with Crippen molar-refractivity contribution >= 4 is 5.97 Å². The smallest absolute Gasteiger partial charge is 0.332 e. The fourth-order valence-electron chi connectivity index (χ4n) is 0.317. The van der Waals surface area contributed by atoms with Crippen molar-refractivity contribution in [3.63, 3.8) is 0 Å². The summed E-state index contributed by atoms with van der Waals surface area (Å²) in [5, 5.41) is 16.5. The van der Waals surface area contributed by atoms with Crippen molar-refractivity contribution < 1.29 is 15.0 Å². The Morgan fingerprint density at radius 3 is 2.38 bits per heavy atom. The number of carboxylic acids is 1. The molecule has 0 fully saturated rings. The molecule has 0 aliphatic rings. The topological polar surface area (TPSA) is 57.5 Å². The quantitative estimate of drug-likeness (QED) is 0.549. The van der Waals surface area contributed by atoms with Crippen molar-refractivity contribution in [2.24, 2.45) is 0 Å². The molecule has 3 nitrogen and oxygen atoms in total. The van der Waals surface area contributed by atoms with Crippen LogP contribution in [-0.4, -0.2) is 22.3 Å². The number of hydrogen-bond donors (Lipinski definition) is 2. The molecule has 0 aliphatic heterocycles. The van der Waals surface area contributed by atoms with Crippen LogP contribution in [0.5, 0.6) is 0 Å². The fraction of sp³-hybridized carbons (Fsp3) is 0.600. The molecule has 2 N–H and O–H groups in total. The summed E-state index contributed by atoms with van der Waals surface area (Å²) in [7, 11) is 0. The van der Waals surface area contributed by atoms with Gasteiger partial charge in [0.25, 0.3) is 0 Å². The maximum atomic E-state index is 9.81. The Kier molecular flexibility index (Phi) is 3.19. The number of hydrogen-bond acceptors (Lipinski definition) is 2. The normalized spacial score (nSPS) is 13.2. The van der Waals surface area contributed by atoms with Crippen LogP contribution in [0.3, 0.4) is 0 Å². The van der Waals surface area contributed by atoms with Gasteiger partial charge in [-0.05, 0) is 6.42 Å². The Bertz CT molecular complexity index is 79.7. The molecule has 8 heavy (non-hydrogen) atoms. The highest BCUT2D eigenvalue weighted by atomic mass is 16.4. The molecule has 0 aromatic carbocycles. The number of aliphatic carboxylic acids is 1. The number of rotatable bonds is 3. The van der Waals surface area contributed by atoms with Crippen LogP contribution in [0.15, 0.2) is 0 Å². The van der Waals surface area contributed by atoms with Crippen LogP contribution in [0, 0.1) is 6.92 Å². The fourth-order valence-corrected chi connectivity index (χ4v) is 0.317. The molecular formula is C5H9O3. The summed E-state index contributed by atoms with van der Waals surface area (Å²) in [6.07, 6.45) is -0.546. The van der Waals surface area contributed by atoms with Crippen LogP contribution < -0.4 is 0 Å². The highest BCUT2D eigenvalue weighted by Crippen LogP contribution is 1.93. The van der Waals surface area contributed by atoms with Gasteiger partial charge in [0.2, 0.25) is 0 Å². The molecule has 0 aliphatic carbocycles. The largest absolute Gasteiger partial charge is 0.479 e. The zero-order valence-corrected chi connectivity index (χ0v) is 4.50. The average Bonchev–Trinajstić information content (AvgIpc) is 1.67. The van der Waals surface area contributed by atoms with Crippen molar-refractivity contribution in [2.75, 3.05) is 0 Å². The summed E-state index contributed by atoms with van der Waals surface area (Å²) in [6, 6.07) is 0. The zero-order chi connectivity index (χ0) is 6.57. The molecule has 0 saturated heterocycles. The molecule has 1 unspecified atom stereocenters. The highest BCUT2D eigenvalue weighted by Gasteiger charge is 2.09. The van der Waals surface area contributed by atoms with Crippen LogP contribution >= 0.6 is 0 Å². The second-order valence-corrected chi connectivity index (χ2v) is 1.50. The van der Waals surface area contributed by atoms with E-state index < -0.39 is 12.1 Å². The van der Waals surface area contributed by atoms with Crippen LogP contribution in [0.1, 0.15) is 12.8 Å². The molecule has 0 aromatic heterocycles. The lowest BCUT2D eigenvalue weighted by Gasteiger charge is -1.99. The standard InChI is InChI=1S/C5H9O3/c1-2-3-4(6)5(7)8/h4,6H,1-3H2,(H,7,8). The lowest BCUT2D eigenvalue weighted by molar-refractivity contribution is -0.146. The lowest BCUT2D eigenvalue weighted by Crippen LogP contribution is -2.18. The Labute approximate surface area is 47.9 Å². The van der Waals surface area contributed by atoms with Crippen molar-refractivity contribution in [3.05, 3.63) is 6.92 Å². The summed E-state index contributed by atoms with van der Waals surface area (Å²) in [4.78, 5) is 9.81. The molecule has 0 saturated carbocycles. The highest BCUT2D eigenvalue weighted by molar-refractivity contribution is 5.71. The summed E-state index contributed by atoms with van der Waals surface area (Å²) in [5.74, 6) is -1.17. The van der Waals surface area contributed by atoms with E-state index in [1.807, 2.05) is 0 Å². The first kappa shape index (κ1) is 7.43. The van der Waals surface area contributed by atoms with Gasteiger partial charge >= 0.3 is 5.97 Å². The second-order valence-electron chi connectivity index (χ2n) is 1.50. The number of aliphatic hydroxyl groups is 1. The van der Waals surface area contributed by atoms with Gasteiger partial charge in [-0.3, -0.25) is 0 Å². The van der Waals surface area contributed by atoms with Gasteiger partial charge in [0.15, 0.2) is 6.10 Å². The molecule has 0 aromatic rings. The van der Waals surface area contributed by atoms with Crippen molar-refractivity contribution in [1.29, 1.82) is 0 Å². The molecule has 3 heteroatoms. The monoisotopic (exact) mass is 117 g/mol. The second kappa shape index (κ2) is 3.43. The van der Waals surface area contributed by atoms with E-state index in [1.54, 1.807) is 0 Å². The van der Waals surface area contributed by atoms with Gasteiger partial charge in [-0.25, -0.2) is 4.79 Å². The minimum Gasteiger partial charge on any atom is -0.479 e. The van der Waals surface area contributed by atoms with Crippen LogP contribution in [0.2, 0.25) is 0 Å². The number of carboxylic acid groups (broad SMARTS) is 1. The van der Waals surface area contributed by atoms with Crippen molar-refractivity contribution in [3.8, 4) is 0 Å². The van der Waals surface area contributed by atoms with Crippen LogP contribution in [0.4, 0.5) is 0 Å². The van der Waals surface area contributed by atoms with E-state index in [4.69, 9.17) is 10.2 Å². The third-order valence-electron chi connectivity index (χ3n) is 0.763. The maximum Gasteiger partial charge on any atom is 0.332 e. The Morgan fingerprint density at radius 1 is 1.75 bits per heavy atom. The third-order valence-corrected chi connectivity index (χ3v) is 0.763. The zero-order valence-electron chi connectivity index (χ0n) is 4.50. The van der Waals surface area contributed by atoms with E-state index >= 15 is 0 Å². The van der Waals surface area contributed by atoms with E-state index in [-0.39, 0.29) is 6.42 Å². The molecule has 0 amide bonds. The van der Waals surface area contributed by atoms with E-state index in [2.05, 4.69) is 6.92 Å². The molecule has 47 valence electrons. The predicted octanol–water partition coefficient (Wildman–Crippen LogP) is 0.0462. The summed E-state index contributed by atoms with van der Waals surface area (Å²) < 4.78 is 0.